The fourth-order valence-corrected chi connectivity index (χ4v) is 1.33. The van der Waals surface area contributed by atoms with E-state index in [4.69, 9.17) is 9.84 Å². The summed E-state index contributed by atoms with van der Waals surface area (Å²) in [5.74, 6) is 0.731. The zero-order chi connectivity index (χ0) is 10.0. The average Bonchev–Trinajstić information content (AvgIpc) is 2.12. The molecule has 0 radical (unpaired) electrons. The number of methoxy groups -OCH3 is 1. The Morgan fingerprint density at radius 1 is 1.31 bits per heavy atom. The van der Waals surface area contributed by atoms with Gasteiger partial charge >= 0.3 is 0 Å². The highest BCUT2D eigenvalue weighted by Crippen LogP contribution is 2.31. The van der Waals surface area contributed by atoms with Crippen molar-refractivity contribution in [1.29, 1.82) is 0 Å². The van der Waals surface area contributed by atoms with Crippen molar-refractivity contribution >= 4 is 0 Å². The van der Waals surface area contributed by atoms with E-state index < -0.39 is 0 Å². The molecule has 0 atom stereocenters. The summed E-state index contributed by atoms with van der Waals surface area (Å²) in [5.41, 5.74) is 2.39. The van der Waals surface area contributed by atoms with Crippen LogP contribution in [0.5, 0.6) is 11.5 Å². The van der Waals surface area contributed by atoms with Crippen molar-refractivity contribution in [3.05, 3.63) is 22.8 Å². The van der Waals surface area contributed by atoms with Gasteiger partial charge in [0.05, 0.1) is 13.7 Å². The number of aliphatic hydroxyl groups is 1. The fourth-order valence-electron chi connectivity index (χ4n) is 1.33. The Kier molecular flexibility index (Phi) is 2.78. The minimum absolute atomic E-state index is 0.0856. The first-order valence-electron chi connectivity index (χ1n) is 4.08. The predicted octanol–water partition coefficient (Wildman–Crippen LogP) is 1.51. The summed E-state index contributed by atoms with van der Waals surface area (Å²) >= 11 is 0. The molecule has 0 aliphatic rings. The van der Waals surface area contributed by atoms with Crippen LogP contribution in [0.3, 0.4) is 0 Å². The van der Waals surface area contributed by atoms with E-state index in [1.807, 2.05) is 13.8 Å². The van der Waals surface area contributed by atoms with Gasteiger partial charge in [0.2, 0.25) is 0 Å². The Balaban J connectivity index is 3.37. The van der Waals surface area contributed by atoms with Gasteiger partial charge in [-0.25, -0.2) is 0 Å². The van der Waals surface area contributed by atoms with Gasteiger partial charge in [0.1, 0.15) is 11.5 Å². The van der Waals surface area contributed by atoms with Crippen molar-refractivity contribution in [3.8, 4) is 11.5 Å². The summed E-state index contributed by atoms with van der Waals surface area (Å²) in [5, 5.41) is 18.5. The Bertz CT molecular complexity index is 318. The van der Waals surface area contributed by atoms with Crippen molar-refractivity contribution < 1.29 is 14.9 Å². The maximum atomic E-state index is 9.49. The van der Waals surface area contributed by atoms with E-state index in [0.29, 0.717) is 11.3 Å². The van der Waals surface area contributed by atoms with E-state index >= 15 is 0 Å². The third-order valence-electron chi connectivity index (χ3n) is 2.34. The van der Waals surface area contributed by atoms with Gasteiger partial charge in [0.15, 0.2) is 0 Å². The Morgan fingerprint density at radius 2 is 1.92 bits per heavy atom. The monoisotopic (exact) mass is 182 g/mol. The Labute approximate surface area is 77.6 Å². The van der Waals surface area contributed by atoms with Crippen molar-refractivity contribution in [1.82, 2.24) is 0 Å². The number of phenols is 1. The number of ether oxygens (including phenoxy) is 1. The van der Waals surface area contributed by atoms with Crippen molar-refractivity contribution in [2.24, 2.45) is 0 Å². The third kappa shape index (κ3) is 1.60. The molecule has 0 fully saturated rings. The van der Waals surface area contributed by atoms with Crippen LogP contribution in [0.4, 0.5) is 0 Å². The standard InChI is InChI=1S/C10H14O3/c1-6-7(2)10(13-3)4-9(12)8(6)5-11/h4,11-12H,5H2,1-3H3. The molecule has 72 valence electrons. The molecule has 0 spiro atoms. The lowest BCUT2D eigenvalue weighted by Crippen LogP contribution is -1.96. The second kappa shape index (κ2) is 3.66. The van der Waals surface area contributed by atoms with E-state index in [-0.39, 0.29) is 12.4 Å². The number of hydrogen-bond donors (Lipinski definition) is 2. The number of aromatic hydroxyl groups is 1. The largest absolute Gasteiger partial charge is 0.507 e. The van der Waals surface area contributed by atoms with Crippen LogP contribution < -0.4 is 4.74 Å². The molecule has 0 saturated heterocycles. The lowest BCUT2D eigenvalue weighted by atomic mass is 10.0. The van der Waals surface area contributed by atoms with Crippen molar-refractivity contribution in [2.75, 3.05) is 7.11 Å². The molecule has 0 unspecified atom stereocenters. The molecule has 0 heterocycles. The quantitative estimate of drug-likeness (QED) is 0.728. The lowest BCUT2D eigenvalue weighted by Gasteiger charge is -2.12. The zero-order valence-corrected chi connectivity index (χ0v) is 8.09. The summed E-state index contributed by atoms with van der Waals surface area (Å²) in [6.45, 7) is 3.60. The van der Waals surface area contributed by atoms with E-state index in [1.165, 1.54) is 6.07 Å². The van der Waals surface area contributed by atoms with Gasteiger partial charge < -0.3 is 14.9 Å². The lowest BCUT2D eigenvalue weighted by molar-refractivity contribution is 0.274. The van der Waals surface area contributed by atoms with Crippen LogP contribution in [-0.2, 0) is 6.61 Å². The molecule has 0 saturated carbocycles. The number of benzene rings is 1. The first-order chi connectivity index (χ1) is 6.11. The molecule has 1 rings (SSSR count). The summed E-state index contributed by atoms with van der Waals surface area (Å²) in [6.07, 6.45) is 0. The van der Waals surface area contributed by atoms with E-state index in [2.05, 4.69) is 0 Å². The molecular weight excluding hydrogens is 168 g/mol. The average molecular weight is 182 g/mol. The van der Waals surface area contributed by atoms with Crippen LogP contribution in [0.1, 0.15) is 16.7 Å². The maximum Gasteiger partial charge on any atom is 0.125 e. The summed E-state index contributed by atoms with van der Waals surface area (Å²) in [6, 6.07) is 1.52. The SMILES string of the molecule is COc1cc(O)c(CO)c(C)c1C. The highest BCUT2D eigenvalue weighted by Gasteiger charge is 2.11. The Hall–Kier alpha value is -1.22. The highest BCUT2D eigenvalue weighted by atomic mass is 16.5. The summed E-state index contributed by atoms with van der Waals surface area (Å²) in [7, 11) is 1.56. The third-order valence-corrected chi connectivity index (χ3v) is 2.34. The second-order valence-electron chi connectivity index (χ2n) is 2.98. The zero-order valence-electron chi connectivity index (χ0n) is 8.09. The van der Waals surface area contributed by atoms with Gasteiger partial charge in [0, 0.05) is 11.6 Å². The smallest absolute Gasteiger partial charge is 0.125 e. The molecule has 3 nitrogen and oxygen atoms in total. The normalized spacial score (nSPS) is 10.2. The van der Waals surface area contributed by atoms with Crippen molar-refractivity contribution in [3.63, 3.8) is 0 Å². The molecular formula is C10H14O3. The minimum Gasteiger partial charge on any atom is -0.507 e. The van der Waals surface area contributed by atoms with Crippen molar-refractivity contribution in [2.45, 2.75) is 20.5 Å². The molecule has 3 heteroatoms. The highest BCUT2D eigenvalue weighted by molar-refractivity contribution is 5.50. The van der Waals surface area contributed by atoms with Crippen LogP contribution >= 0.6 is 0 Å². The van der Waals surface area contributed by atoms with Crippen LogP contribution in [0.15, 0.2) is 6.07 Å². The summed E-state index contributed by atoms with van der Waals surface area (Å²) < 4.78 is 5.06. The molecule has 0 amide bonds. The van der Waals surface area contributed by atoms with Gasteiger partial charge in [-0.2, -0.15) is 0 Å². The van der Waals surface area contributed by atoms with Gasteiger partial charge in [-0.05, 0) is 25.0 Å². The number of rotatable bonds is 2. The van der Waals surface area contributed by atoms with Gasteiger partial charge in [-0.15, -0.1) is 0 Å². The molecule has 0 bridgehead atoms. The maximum absolute atomic E-state index is 9.49. The topological polar surface area (TPSA) is 49.7 Å². The molecule has 0 aromatic heterocycles. The van der Waals surface area contributed by atoms with Crippen LogP contribution in [-0.4, -0.2) is 17.3 Å². The van der Waals surface area contributed by atoms with Crippen LogP contribution in [0.2, 0.25) is 0 Å². The van der Waals surface area contributed by atoms with Crippen LogP contribution in [0, 0.1) is 13.8 Å². The summed E-state index contributed by atoms with van der Waals surface area (Å²) in [4.78, 5) is 0. The minimum atomic E-state index is -0.150. The number of aliphatic hydroxyl groups excluding tert-OH is 1. The van der Waals surface area contributed by atoms with Gasteiger partial charge in [-0.1, -0.05) is 0 Å². The van der Waals surface area contributed by atoms with Gasteiger partial charge in [-0.3, -0.25) is 0 Å². The molecule has 0 aliphatic heterocycles. The fraction of sp³-hybridized carbons (Fsp3) is 0.400. The Morgan fingerprint density at radius 3 is 2.38 bits per heavy atom. The van der Waals surface area contributed by atoms with E-state index in [1.54, 1.807) is 7.11 Å². The molecule has 0 aliphatic carbocycles. The molecule has 1 aromatic rings. The predicted molar refractivity (Wildman–Crippen MR) is 50.1 cm³/mol. The number of hydrogen-bond acceptors (Lipinski definition) is 3. The van der Waals surface area contributed by atoms with Gasteiger partial charge in [0.25, 0.3) is 0 Å². The van der Waals surface area contributed by atoms with E-state index in [0.717, 1.165) is 11.1 Å². The first kappa shape index (κ1) is 9.86. The van der Waals surface area contributed by atoms with Crippen LogP contribution in [0.25, 0.3) is 0 Å². The second-order valence-corrected chi connectivity index (χ2v) is 2.98. The molecule has 2 N–H and O–H groups in total. The molecule has 13 heavy (non-hydrogen) atoms. The molecule has 1 aromatic carbocycles. The first-order valence-corrected chi connectivity index (χ1v) is 4.08. The van der Waals surface area contributed by atoms with E-state index in [9.17, 15) is 5.11 Å².